The third kappa shape index (κ3) is 6.98. The average Bonchev–Trinajstić information content (AvgIpc) is 3.06. The Morgan fingerprint density at radius 3 is 1.19 bits per heavy atom. The third-order valence-corrected chi connectivity index (χ3v) is 9.30. The predicted molar refractivity (Wildman–Crippen MR) is 193 cm³/mol. The molecule has 2 heterocycles. The lowest BCUT2D eigenvalue weighted by molar-refractivity contribution is 0.0992. The molecular formula is C39H44N6O3. The number of piperazine rings is 2. The molecule has 2 fully saturated rings. The zero-order chi connectivity index (χ0) is 34.1. The van der Waals surface area contributed by atoms with Gasteiger partial charge in [0.15, 0.2) is 5.78 Å². The van der Waals surface area contributed by atoms with Crippen LogP contribution in [-0.4, -0.2) is 67.9 Å². The number of carbonyl (C=O) groups excluding carboxylic acids is 3. The predicted octanol–water partition coefficient (Wildman–Crippen LogP) is 4.82. The largest absolute Gasteiger partial charge is 0.368 e. The normalized spacial score (nSPS) is 21.2. The van der Waals surface area contributed by atoms with Crippen molar-refractivity contribution in [3.8, 4) is 22.3 Å². The van der Waals surface area contributed by atoms with Crippen molar-refractivity contribution >= 4 is 29.0 Å². The fraction of sp³-hybridized carbons (Fsp3) is 0.308. The maximum absolute atomic E-state index is 13.6. The fourth-order valence-electron chi connectivity index (χ4n) is 7.21. The summed E-state index contributed by atoms with van der Waals surface area (Å²) in [5.74, 6) is -1.13. The Morgan fingerprint density at radius 1 is 0.542 bits per heavy atom. The van der Waals surface area contributed by atoms with E-state index in [1.165, 1.54) is 0 Å². The van der Waals surface area contributed by atoms with Gasteiger partial charge in [-0.15, -0.1) is 0 Å². The number of ketones is 1. The van der Waals surface area contributed by atoms with Crippen molar-refractivity contribution in [1.29, 1.82) is 0 Å². The lowest BCUT2D eigenvalue weighted by atomic mass is 9.94. The first kappa shape index (κ1) is 32.9. The lowest BCUT2D eigenvalue weighted by Crippen LogP contribution is -2.54. The molecule has 6 N–H and O–H groups in total. The summed E-state index contributed by atoms with van der Waals surface area (Å²) in [6.07, 6.45) is 0. The number of benzene rings is 4. The SMILES string of the molecule is CC1CN(c2ccc(C(N)=O)c(-c3ccc(C(=O)c4ccc(-c5cc(N6CC(C)NC(C)C6)ccc5C(N)=O)cc4)cc3)c2)CC(C)N1. The number of amides is 2. The van der Waals surface area contributed by atoms with Crippen LogP contribution in [0, 0.1) is 0 Å². The summed E-state index contributed by atoms with van der Waals surface area (Å²) in [6.45, 7) is 12.1. The van der Waals surface area contributed by atoms with Crippen molar-refractivity contribution in [2.45, 2.75) is 51.9 Å². The maximum Gasteiger partial charge on any atom is 0.249 e. The van der Waals surface area contributed by atoms with Crippen molar-refractivity contribution in [1.82, 2.24) is 10.6 Å². The Bertz CT molecular complexity index is 1680. The molecule has 0 bridgehead atoms. The molecule has 48 heavy (non-hydrogen) atoms. The van der Waals surface area contributed by atoms with E-state index in [2.05, 4.69) is 48.1 Å². The van der Waals surface area contributed by atoms with Crippen molar-refractivity contribution in [3.05, 3.63) is 107 Å². The summed E-state index contributed by atoms with van der Waals surface area (Å²) >= 11 is 0. The summed E-state index contributed by atoms with van der Waals surface area (Å²) in [7, 11) is 0. The standard InChI is InChI=1S/C39H44N6O3/c1-23-19-44(20-24(2)42-23)31-13-15-33(38(40)47)35(17-31)27-5-9-29(10-6-27)37(46)30-11-7-28(8-12-30)36-18-32(14-16-34(36)39(41)48)45-21-25(3)43-26(4)22-45/h5-18,23-26,42-43H,19-22H2,1-4H3,(H2,40,47)(H2,41,48). The second-order valence-electron chi connectivity index (χ2n) is 13.4. The van der Waals surface area contributed by atoms with Gasteiger partial charge in [-0.05, 0) is 86.3 Å². The van der Waals surface area contributed by atoms with E-state index in [9.17, 15) is 14.4 Å². The average molecular weight is 645 g/mol. The summed E-state index contributed by atoms with van der Waals surface area (Å²) in [6, 6.07) is 27.4. The van der Waals surface area contributed by atoms with Crippen LogP contribution in [0.25, 0.3) is 22.3 Å². The van der Waals surface area contributed by atoms with Crippen LogP contribution in [-0.2, 0) is 0 Å². The molecule has 2 amide bonds. The molecule has 0 aromatic heterocycles. The van der Waals surface area contributed by atoms with E-state index < -0.39 is 11.8 Å². The lowest BCUT2D eigenvalue weighted by Gasteiger charge is -2.38. The molecule has 6 rings (SSSR count). The Hall–Kier alpha value is -4.99. The van der Waals surface area contributed by atoms with E-state index in [1.54, 1.807) is 36.4 Å². The molecule has 4 unspecified atom stereocenters. The maximum atomic E-state index is 13.6. The molecule has 0 spiro atoms. The molecule has 0 radical (unpaired) electrons. The van der Waals surface area contributed by atoms with Crippen LogP contribution in [0.15, 0.2) is 84.9 Å². The van der Waals surface area contributed by atoms with Gasteiger partial charge in [-0.3, -0.25) is 14.4 Å². The molecule has 4 aromatic carbocycles. The second-order valence-corrected chi connectivity index (χ2v) is 13.4. The van der Waals surface area contributed by atoms with E-state index in [4.69, 9.17) is 11.5 Å². The van der Waals surface area contributed by atoms with Gasteiger partial charge in [-0.25, -0.2) is 0 Å². The third-order valence-electron chi connectivity index (χ3n) is 9.30. The Balaban J connectivity index is 1.24. The molecule has 0 aliphatic carbocycles. The molecular weight excluding hydrogens is 600 g/mol. The number of nitrogens with two attached hydrogens (primary N) is 2. The second kappa shape index (κ2) is 13.6. The van der Waals surface area contributed by atoms with E-state index in [0.29, 0.717) is 46.4 Å². The van der Waals surface area contributed by atoms with E-state index in [-0.39, 0.29) is 5.78 Å². The molecule has 4 aromatic rings. The molecule has 2 aliphatic heterocycles. The van der Waals surface area contributed by atoms with Gasteiger partial charge in [0.05, 0.1) is 0 Å². The first-order chi connectivity index (χ1) is 23.0. The summed E-state index contributed by atoms with van der Waals surface area (Å²) in [4.78, 5) is 42.9. The highest BCUT2D eigenvalue weighted by atomic mass is 16.1. The Labute approximate surface area is 282 Å². The van der Waals surface area contributed by atoms with Gasteiger partial charge < -0.3 is 31.9 Å². The number of nitrogens with zero attached hydrogens (tertiary/aromatic N) is 2. The molecule has 2 aliphatic rings. The summed E-state index contributed by atoms with van der Waals surface area (Å²) < 4.78 is 0. The Morgan fingerprint density at radius 2 is 0.875 bits per heavy atom. The summed E-state index contributed by atoms with van der Waals surface area (Å²) in [5, 5.41) is 7.10. The zero-order valence-electron chi connectivity index (χ0n) is 28.0. The first-order valence-corrected chi connectivity index (χ1v) is 16.6. The minimum absolute atomic E-state index is 0.131. The topological polar surface area (TPSA) is 134 Å². The van der Waals surface area contributed by atoms with Gasteiger partial charge >= 0.3 is 0 Å². The van der Waals surface area contributed by atoms with Crippen molar-refractivity contribution in [2.75, 3.05) is 36.0 Å². The number of rotatable bonds is 8. The smallest absolute Gasteiger partial charge is 0.249 e. The van der Waals surface area contributed by atoms with Crippen molar-refractivity contribution in [3.63, 3.8) is 0 Å². The molecule has 4 atom stereocenters. The highest BCUT2D eigenvalue weighted by molar-refractivity contribution is 6.10. The minimum Gasteiger partial charge on any atom is -0.368 e. The number of primary amides is 2. The van der Waals surface area contributed by atoms with E-state index in [1.807, 2.05) is 48.5 Å². The first-order valence-electron chi connectivity index (χ1n) is 16.6. The minimum atomic E-state index is -0.499. The van der Waals surface area contributed by atoms with Crippen LogP contribution < -0.4 is 31.9 Å². The number of carbonyl (C=O) groups is 3. The molecule has 2 saturated heterocycles. The number of nitrogens with one attached hydrogen (secondary N) is 2. The fourth-order valence-corrected chi connectivity index (χ4v) is 7.21. The molecule has 9 heteroatoms. The van der Waals surface area contributed by atoms with Crippen LogP contribution in [0.4, 0.5) is 11.4 Å². The van der Waals surface area contributed by atoms with Gasteiger partial charge in [0.1, 0.15) is 0 Å². The van der Waals surface area contributed by atoms with Gasteiger partial charge in [0.25, 0.3) is 0 Å². The van der Waals surface area contributed by atoms with Crippen LogP contribution in [0.5, 0.6) is 0 Å². The van der Waals surface area contributed by atoms with Crippen molar-refractivity contribution in [2.24, 2.45) is 11.5 Å². The van der Waals surface area contributed by atoms with Crippen LogP contribution in [0.2, 0.25) is 0 Å². The number of anilines is 2. The van der Waals surface area contributed by atoms with Gasteiger partial charge in [0, 0.05) is 84.0 Å². The molecule has 0 saturated carbocycles. The highest BCUT2D eigenvalue weighted by Gasteiger charge is 2.24. The highest BCUT2D eigenvalue weighted by Crippen LogP contribution is 2.32. The van der Waals surface area contributed by atoms with Gasteiger partial charge in [-0.2, -0.15) is 0 Å². The van der Waals surface area contributed by atoms with E-state index in [0.717, 1.165) is 59.8 Å². The van der Waals surface area contributed by atoms with Crippen molar-refractivity contribution < 1.29 is 14.4 Å². The molecule has 248 valence electrons. The van der Waals surface area contributed by atoms with Crippen LogP contribution in [0.1, 0.15) is 64.3 Å². The Kier molecular flexibility index (Phi) is 9.35. The quantitative estimate of drug-likeness (QED) is 0.202. The van der Waals surface area contributed by atoms with Crippen LogP contribution in [0.3, 0.4) is 0 Å². The van der Waals surface area contributed by atoms with Gasteiger partial charge in [0.2, 0.25) is 11.8 Å². The van der Waals surface area contributed by atoms with Gasteiger partial charge in [-0.1, -0.05) is 48.5 Å². The number of hydrogen-bond donors (Lipinski definition) is 4. The number of hydrogen-bond acceptors (Lipinski definition) is 7. The summed E-state index contributed by atoms with van der Waals surface area (Å²) in [5.41, 5.74) is 18.6. The van der Waals surface area contributed by atoms with Crippen LogP contribution >= 0.6 is 0 Å². The zero-order valence-corrected chi connectivity index (χ0v) is 28.0. The monoisotopic (exact) mass is 644 g/mol. The van der Waals surface area contributed by atoms with E-state index >= 15 is 0 Å². The molecule has 9 nitrogen and oxygen atoms in total.